The fourth-order valence-corrected chi connectivity index (χ4v) is 4.68. The Kier molecular flexibility index (Phi) is 4.61. The summed E-state index contributed by atoms with van der Waals surface area (Å²) in [5, 5.41) is 11.8. The summed E-state index contributed by atoms with van der Waals surface area (Å²) in [6, 6.07) is -0.440. The number of carboxylic acids is 1. The van der Waals surface area contributed by atoms with E-state index < -0.39 is 5.97 Å². The van der Waals surface area contributed by atoms with Gasteiger partial charge in [0.15, 0.2) is 0 Å². The predicted molar refractivity (Wildman–Crippen MR) is 82.2 cm³/mol. The van der Waals surface area contributed by atoms with Gasteiger partial charge in [-0.2, -0.15) is 0 Å². The minimum atomic E-state index is -0.792. The number of carboxylic acid groups (broad SMARTS) is 1. The molecule has 3 aliphatic rings. The molecule has 1 aliphatic heterocycles. The van der Waals surface area contributed by atoms with E-state index in [0.717, 1.165) is 25.7 Å². The van der Waals surface area contributed by atoms with Gasteiger partial charge >= 0.3 is 5.97 Å². The highest BCUT2D eigenvalue weighted by atomic mass is 32.2. The Bertz CT molecular complexity index is 472. The molecule has 3 rings (SSSR count). The number of nitrogens with one attached hydrogen (secondary N) is 1. The molecule has 0 aromatic rings. The van der Waals surface area contributed by atoms with Crippen molar-refractivity contribution in [3.05, 3.63) is 0 Å². The van der Waals surface area contributed by atoms with Crippen molar-refractivity contribution in [3.63, 3.8) is 0 Å². The van der Waals surface area contributed by atoms with E-state index in [9.17, 15) is 14.4 Å². The van der Waals surface area contributed by atoms with Gasteiger partial charge < -0.3 is 15.3 Å². The summed E-state index contributed by atoms with van der Waals surface area (Å²) in [5.74, 6) is 0.202. The van der Waals surface area contributed by atoms with Gasteiger partial charge in [0.1, 0.15) is 6.04 Å². The highest BCUT2D eigenvalue weighted by Gasteiger charge is 2.41. The lowest BCUT2D eigenvalue weighted by molar-refractivity contribution is -0.146. The van der Waals surface area contributed by atoms with Crippen LogP contribution in [0.25, 0.3) is 0 Å². The van der Waals surface area contributed by atoms with Crippen molar-refractivity contribution in [1.29, 1.82) is 0 Å². The Balaban J connectivity index is 1.53. The Hall–Kier alpha value is -1.24. The summed E-state index contributed by atoms with van der Waals surface area (Å²) in [5.41, 5.74) is 0. The number of rotatable bonds is 4. The number of amides is 2. The molecule has 1 unspecified atom stereocenters. The molecule has 0 aromatic carbocycles. The minimum Gasteiger partial charge on any atom is -0.481 e. The molecule has 0 radical (unpaired) electrons. The lowest BCUT2D eigenvalue weighted by Gasteiger charge is -2.34. The molecule has 1 atom stereocenters. The number of hydrogen-bond acceptors (Lipinski definition) is 4. The zero-order valence-electron chi connectivity index (χ0n) is 12.5. The van der Waals surface area contributed by atoms with Gasteiger partial charge in [-0.05, 0) is 25.7 Å². The molecule has 2 aliphatic carbocycles. The monoisotopic (exact) mass is 326 g/mol. The van der Waals surface area contributed by atoms with Crippen LogP contribution in [0, 0.1) is 11.8 Å². The van der Waals surface area contributed by atoms with Gasteiger partial charge in [-0.3, -0.25) is 14.4 Å². The van der Waals surface area contributed by atoms with E-state index in [4.69, 9.17) is 5.11 Å². The summed E-state index contributed by atoms with van der Waals surface area (Å²) in [6.45, 7) is 0. The van der Waals surface area contributed by atoms with Crippen LogP contribution >= 0.6 is 11.8 Å². The van der Waals surface area contributed by atoms with Crippen molar-refractivity contribution in [2.45, 2.75) is 50.6 Å². The van der Waals surface area contributed by atoms with Gasteiger partial charge in [0.05, 0.1) is 11.8 Å². The van der Waals surface area contributed by atoms with Crippen molar-refractivity contribution < 1.29 is 19.5 Å². The molecule has 0 spiro atoms. The van der Waals surface area contributed by atoms with Gasteiger partial charge in [0.25, 0.3) is 0 Å². The largest absolute Gasteiger partial charge is 0.481 e. The van der Waals surface area contributed by atoms with Crippen molar-refractivity contribution in [1.82, 2.24) is 10.2 Å². The highest BCUT2D eigenvalue weighted by molar-refractivity contribution is 7.99. The number of hydrogen-bond donors (Lipinski definition) is 2. The number of thioether (sulfide) groups is 1. The third-order valence-electron chi connectivity index (χ3n) is 5.01. The zero-order chi connectivity index (χ0) is 15.7. The van der Waals surface area contributed by atoms with Crippen LogP contribution in [0.5, 0.6) is 0 Å². The Morgan fingerprint density at radius 3 is 2.41 bits per heavy atom. The third kappa shape index (κ3) is 3.09. The normalized spacial score (nSPS) is 31.8. The highest BCUT2D eigenvalue weighted by Crippen LogP contribution is 2.32. The summed E-state index contributed by atoms with van der Waals surface area (Å²) in [4.78, 5) is 37.4. The van der Waals surface area contributed by atoms with Crippen LogP contribution in [0.1, 0.15) is 38.5 Å². The molecule has 22 heavy (non-hydrogen) atoms. The maximum atomic E-state index is 12.5. The molecule has 0 aromatic heterocycles. The molecule has 1 saturated heterocycles. The summed E-state index contributed by atoms with van der Waals surface area (Å²) >= 11 is 1.61. The van der Waals surface area contributed by atoms with E-state index >= 15 is 0 Å². The van der Waals surface area contributed by atoms with Crippen molar-refractivity contribution in [2.75, 3.05) is 11.6 Å². The second-order valence-corrected chi connectivity index (χ2v) is 7.52. The summed E-state index contributed by atoms with van der Waals surface area (Å²) in [6.07, 6.45) is 5.09. The summed E-state index contributed by atoms with van der Waals surface area (Å²) < 4.78 is 0. The number of nitrogens with zero attached hydrogens (tertiary/aromatic N) is 1. The quantitative estimate of drug-likeness (QED) is 0.806. The molecular formula is C15H22N2O4S. The van der Waals surface area contributed by atoms with E-state index in [1.807, 2.05) is 0 Å². The lowest BCUT2D eigenvalue weighted by Crippen LogP contribution is -2.54. The lowest BCUT2D eigenvalue weighted by atomic mass is 9.80. The average Bonchev–Trinajstić information content (AvgIpc) is 3.10. The van der Waals surface area contributed by atoms with Gasteiger partial charge in [-0.15, -0.1) is 11.8 Å². The third-order valence-corrected chi connectivity index (χ3v) is 6.02. The zero-order valence-corrected chi connectivity index (χ0v) is 13.3. The van der Waals surface area contributed by atoms with E-state index in [1.54, 1.807) is 16.7 Å². The van der Waals surface area contributed by atoms with Gasteiger partial charge in [0, 0.05) is 17.7 Å². The molecule has 2 amide bonds. The van der Waals surface area contributed by atoms with Crippen molar-refractivity contribution in [2.24, 2.45) is 11.8 Å². The van der Waals surface area contributed by atoms with Crippen LogP contribution in [0.4, 0.5) is 0 Å². The van der Waals surface area contributed by atoms with Gasteiger partial charge in [0.2, 0.25) is 11.8 Å². The van der Waals surface area contributed by atoms with Crippen LogP contribution in [0.2, 0.25) is 0 Å². The first-order chi connectivity index (χ1) is 10.6. The smallest absolute Gasteiger partial charge is 0.306 e. The molecule has 0 bridgehead atoms. The fraction of sp³-hybridized carbons (Fsp3) is 0.800. The second kappa shape index (κ2) is 6.48. The second-order valence-electron chi connectivity index (χ2n) is 6.52. The molecule has 2 saturated carbocycles. The van der Waals surface area contributed by atoms with Crippen LogP contribution in [0.3, 0.4) is 0 Å². The van der Waals surface area contributed by atoms with Crippen LogP contribution < -0.4 is 5.32 Å². The molecule has 122 valence electrons. The van der Waals surface area contributed by atoms with Crippen LogP contribution in [-0.2, 0) is 14.4 Å². The first kappa shape index (κ1) is 15.6. The van der Waals surface area contributed by atoms with Crippen LogP contribution in [-0.4, -0.2) is 51.5 Å². The SMILES string of the molecule is O=C(O)C1CC(NC(=O)C2CSCN2C(=O)C2CCCC2)C1. The minimum absolute atomic E-state index is 0.0531. The number of carbonyl (C=O) groups is 3. The fourth-order valence-electron chi connectivity index (χ4n) is 3.52. The number of aliphatic carboxylic acids is 1. The van der Waals surface area contributed by atoms with Crippen molar-refractivity contribution in [3.8, 4) is 0 Å². The number of carbonyl (C=O) groups excluding carboxylic acids is 2. The van der Waals surface area contributed by atoms with E-state index in [2.05, 4.69) is 5.32 Å². The maximum absolute atomic E-state index is 12.5. The van der Waals surface area contributed by atoms with Gasteiger partial charge in [-0.25, -0.2) is 0 Å². The molecule has 1 heterocycles. The maximum Gasteiger partial charge on any atom is 0.306 e. The van der Waals surface area contributed by atoms with E-state index in [1.165, 1.54) is 0 Å². The molecule has 6 nitrogen and oxygen atoms in total. The summed E-state index contributed by atoms with van der Waals surface area (Å²) in [7, 11) is 0. The molecule has 3 fully saturated rings. The Labute approximate surface area is 134 Å². The first-order valence-corrected chi connectivity index (χ1v) is 9.13. The first-order valence-electron chi connectivity index (χ1n) is 7.97. The topological polar surface area (TPSA) is 86.7 Å². The average molecular weight is 326 g/mol. The van der Waals surface area contributed by atoms with E-state index in [-0.39, 0.29) is 35.7 Å². The molecule has 2 N–H and O–H groups in total. The van der Waals surface area contributed by atoms with E-state index in [0.29, 0.717) is 24.5 Å². The van der Waals surface area contributed by atoms with Crippen molar-refractivity contribution >= 4 is 29.5 Å². The molecular weight excluding hydrogens is 304 g/mol. The van der Waals surface area contributed by atoms with Gasteiger partial charge in [-0.1, -0.05) is 12.8 Å². The standard InChI is InChI=1S/C15H22N2O4S/c18-13(16-11-5-10(6-11)15(20)21)12-7-22-8-17(12)14(19)9-3-1-2-4-9/h9-12H,1-8H2,(H,16,18)(H,20,21). The Morgan fingerprint density at radius 2 is 1.77 bits per heavy atom. The predicted octanol–water partition coefficient (Wildman–Crippen LogP) is 1.06. The Morgan fingerprint density at radius 1 is 1.09 bits per heavy atom. The molecule has 7 heteroatoms. The van der Waals surface area contributed by atoms with Crippen LogP contribution in [0.15, 0.2) is 0 Å².